The van der Waals surface area contributed by atoms with Crippen molar-refractivity contribution in [2.75, 3.05) is 13.2 Å². The van der Waals surface area contributed by atoms with Gasteiger partial charge in [0.05, 0.1) is 13.2 Å². The van der Waals surface area contributed by atoms with Gasteiger partial charge in [0.2, 0.25) is 0 Å². The van der Waals surface area contributed by atoms with E-state index in [1.807, 2.05) is 16.8 Å². The minimum absolute atomic E-state index is 0. The van der Waals surface area contributed by atoms with Crippen LogP contribution in [0.3, 0.4) is 0 Å². The molecule has 0 aliphatic rings. The number of aliphatic carboxylic acids is 1. The number of hydrogen-bond acceptors (Lipinski definition) is 4. The Morgan fingerprint density at radius 3 is 2.93 bits per heavy atom. The molecule has 1 heterocycles. The van der Waals surface area contributed by atoms with Gasteiger partial charge in [-0.25, -0.2) is 0 Å². The summed E-state index contributed by atoms with van der Waals surface area (Å²) < 4.78 is 5.13. The predicted molar refractivity (Wildman–Crippen MR) is 61.7 cm³/mol. The van der Waals surface area contributed by atoms with Crippen LogP contribution in [0.1, 0.15) is 5.56 Å². The van der Waals surface area contributed by atoms with Crippen LogP contribution in [0, 0.1) is 0 Å². The van der Waals surface area contributed by atoms with Crippen molar-refractivity contribution in [3.63, 3.8) is 0 Å². The topological polar surface area (TPSA) is 72.5 Å². The highest BCUT2D eigenvalue weighted by atomic mass is 35.5. The molecular weight excluding hydrogens is 238 g/mol. The molecule has 0 fully saturated rings. The van der Waals surface area contributed by atoms with E-state index in [2.05, 4.69) is 0 Å². The monoisotopic (exact) mass is 251 g/mol. The van der Waals surface area contributed by atoms with Crippen molar-refractivity contribution < 1.29 is 14.6 Å². The molecular formula is C9H14ClNO3S. The molecule has 0 bridgehead atoms. The summed E-state index contributed by atoms with van der Waals surface area (Å²) >= 11 is 1.63. The molecule has 1 atom stereocenters. The van der Waals surface area contributed by atoms with E-state index >= 15 is 0 Å². The van der Waals surface area contributed by atoms with Gasteiger partial charge < -0.3 is 15.6 Å². The first-order chi connectivity index (χ1) is 6.70. The lowest BCUT2D eigenvalue weighted by Gasteiger charge is -2.06. The zero-order chi connectivity index (χ0) is 10.4. The van der Waals surface area contributed by atoms with Gasteiger partial charge in [-0.15, -0.1) is 12.4 Å². The largest absolute Gasteiger partial charge is 0.480 e. The van der Waals surface area contributed by atoms with Crippen LogP contribution in [0.2, 0.25) is 0 Å². The summed E-state index contributed by atoms with van der Waals surface area (Å²) in [5, 5.41) is 12.5. The summed E-state index contributed by atoms with van der Waals surface area (Å²) in [6, 6.07) is 1.10. The fourth-order valence-corrected chi connectivity index (χ4v) is 1.61. The number of carboxylic acid groups (broad SMARTS) is 1. The number of hydrogen-bond donors (Lipinski definition) is 2. The third-order valence-corrected chi connectivity index (χ3v) is 2.46. The molecule has 4 nitrogen and oxygen atoms in total. The first-order valence-electron chi connectivity index (χ1n) is 4.27. The van der Waals surface area contributed by atoms with Gasteiger partial charge in [0.25, 0.3) is 0 Å². The van der Waals surface area contributed by atoms with Crippen molar-refractivity contribution in [3.05, 3.63) is 22.4 Å². The molecule has 0 aliphatic heterocycles. The van der Waals surface area contributed by atoms with E-state index in [0.717, 1.165) is 6.42 Å². The van der Waals surface area contributed by atoms with Crippen molar-refractivity contribution in [2.24, 2.45) is 5.73 Å². The predicted octanol–water partition coefficient (Wildman–Crippen LogP) is 1.14. The van der Waals surface area contributed by atoms with E-state index in [-0.39, 0.29) is 19.0 Å². The van der Waals surface area contributed by atoms with Gasteiger partial charge >= 0.3 is 5.97 Å². The second kappa shape index (κ2) is 7.64. The van der Waals surface area contributed by atoms with E-state index in [0.29, 0.717) is 6.61 Å². The zero-order valence-corrected chi connectivity index (χ0v) is 9.72. The molecule has 6 heteroatoms. The maximum absolute atomic E-state index is 10.3. The van der Waals surface area contributed by atoms with Crippen molar-refractivity contribution in [1.29, 1.82) is 0 Å². The van der Waals surface area contributed by atoms with Crippen LogP contribution in [-0.4, -0.2) is 30.3 Å². The first kappa shape index (κ1) is 14.4. The number of rotatable bonds is 6. The molecule has 1 aromatic rings. The molecule has 1 aromatic heterocycles. The molecule has 0 aromatic carbocycles. The van der Waals surface area contributed by atoms with Crippen LogP contribution >= 0.6 is 23.7 Å². The normalized spacial score (nSPS) is 11.8. The van der Waals surface area contributed by atoms with Crippen molar-refractivity contribution in [1.82, 2.24) is 0 Å². The molecule has 0 spiro atoms. The van der Waals surface area contributed by atoms with Crippen LogP contribution in [0.25, 0.3) is 0 Å². The molecule has 15 heavy (non-hydrogen) atoms. The highest BCUT2D eigenvalue weighted by molar-refractivity contribution is 7.07. The van der Waals surface area contributed by atoms with Gasteiger partial charge in [-0.3, -0.25) is 4.79 Å². The van der Waals surface area contributed by atoms with Gasteiger partial charge in [-0.1, -0.05) is 0 Å². The molecule has 86 valence electrons. The third-order valence-electron chi connectivity index (χ3n) is 1.73. The Hall–Kier alpha value is -0.620. The second-order valence-electron chi connectivity index (χ2n) is 2.90. The lowest BCUT2D eigenvalue weighted by Crippen LogP contribution is -2.35. The Labute approximate surface area is 98.5 Å². The highest BCUT2D eigenvalue weighted by Crippen LogP contribution is 2.06. The molecule has 0 amide bonds. The number of nitrogens with two attached hydrogens (primary N) is 1. The van der Waals surface area contributed by atoms with E-state index in [9.17, 15) is 4.79 Å². The maximum Gasteiger partial charge on any atom is 0.322 e. The SMILES string of the molecule is Cl.N[C@@H](COCCc1ccsc1)C(=O)O. The fourth-order valence-electron chi connectivity index (χ4n) is 0.907. The quantitative estimate of drug-likeness (QED) is 0.744. The molecule has 0 saturated carbocycles. The van der Waals surface area contributed by atoms with Crippen LogP contribution in [0.15, 0.2) is 16.8 Å². The summed E-state index contributed by atoms with van der Waals surface area (Å²) in [7, 11) is 0. The zero-order valence-electron chi connectivity index (χ0n) is 8.09. The summed E-state index contributed by atoms with van der Waals surface area (Å²) in [4.78, 5) is 10.3. The van der Waals surface area contributed by atoms with Crippen LogP contribution in [0.4, 0.5) is 0 Å². The first-order valence-corrected chi connectivity index (χ1v) is 5.21. The molecule has 0 unspecified atom stereocenters. The Balaban J connectivity index is 0.00000196. The summed E-state index contributed by atoms with van der Waals surface area (Å²) in [5.74, 6) is -1.03. The second-order valence-corrected chi connectivity index (χ2v) is 3.68. The van der Waals surface area contributed by atoms with Crippen LogP contribution < -0.4 is 5.73 Å². The summed E-state index contributed by atoms with van der Waals surface area (Å²) in [5.41, 5.74) is 6.46. The average molecular weight is 252 g/mol. The van der Waals surface area contributed by atoms with Gasteiger partial charge in [-0.2, -0.15) is 11.3 Å². The smallest absolute Gasteiger partial charge is 0.322 e. The van der Waals surface area contributed by atoms with Crippen LogP contribution in [-0.2, 0) is 16.0 Å². The molecule has 1 rings (SSSR count). The van der Waals surface area contributed by atoms with E-state index in [4.69, 9.17) is 15.6 Å². The molecule has 0 saturated heterocycles. The maximum atomic E-state index is 10.3. The number of halogens is 1. The lowest BCUT2D eigenvalue weighted by atomic mass is 10.2. The Morgan fingerprint density at radius 1 is 1.67 bits per heavy atom. The van der Waals surface area contributed by atoms with Crippen molar-refractivity contribution in [2.45, 2.75) is 12.5 Å². The van der Waals surface area contributed by atoms with E-state index < -0.39 is 12.0 Å². The van der Waals surface area contributed by atoms with Gasteiger partial charge in [0.15, 0.2) is 0 Å². The Morgan fingerprint density at radius 2 is 2.40 bits per heavy atom. The third kappa shape index (κ3) is 5.74. The minimum atomic E-state index is -1.03. The molecule has 0 radical (unpaired) electrons. The average Bonchev–Trinajstić information content (AvgIpc) is 2.64. The van der Waals surface area contributed by atoms with Crippen molar-refractivity contribution >= 4 is 29.7 Å². The van der Waals surface area contributed by atoms with Gasteiger partial charge in [-0.05, 0) is 28.8 Å². The fraction of sp³-hybridized carbons (Fsp3) is 0.444. The van der Waals surface area contributed by atoms with Crippen LogP contribution in [0.5, 0.6) is 0 Å². The molecule has 3 N–H and O–H groups in total. The standard InChI is InChI=1S/C9H13NO3S.ClH/c10-8(9(11)12)5-13-3-1-7-2-4-14-6-7;/h2,4,6,8H,1,3,5,10H2,(H,11,12);1H/t8-;/m0./s1. The number of thiophene rings is 1. The highest BCUT2D eigenvalue weighted by Gasteiger charge is 2.10. The summed E-state index contributed by atoms with van der Waals surface area (Å²) in [6.07, 6.45) is 0.801. The lowest BCUT2D eigenvalue weighted by molar-refractivity contribution is -0.139. The van der Waals surface area contributed by atoms with Gasteiger partial charge in [0, 0.05) is 0 Å². The summed E-state index contributed by atoms with van der Waals surface area (Å²) in [6.45, 7) is 0.581. The van der Waals surface area contributed by atoms with Gasteiger partial charge in [0.1, 0.15) is 6.04 Å². The number of ether oxygens (including phenoxy) is 1. The minimum Gasteiger partial charge on any atom is -0.480 e. The number of carboxylic acids is 1. The Bertz CT molecular complexity index is 279. The van der Waals surface area contributed by atoms with Crippen molar-refractivity contribution in [3.8, 4) is 0 Å². The number of carbonyl (C=O) groups is 1. The molecule has 0 aliphatic carbocycles. The van der Waals surface area contributed by atoms with E-state index in [1.54, 1.807) is 11.3 Å². The van der Waals surface area contributed by atoms with E-state index in [1.165, 1.54) is 5.56 Å². The Kier molecular flexibility index (Phi) is 7.33.